The van der Waals surface area contributed by atoms with Crippen LogP contribution in [0, 0.1) is 35.0 Å². The molecule has 0 aromatic rings. The van der Waals surface area contributed by atoms with E-state index in [1.807, 2.05) is 24.9 Å². The maximum atomic E-state index is 5.59. The lowest BCUT2D eigenvalue weighted by atomic mass is 9.94. The Hall–Kier alpha value is -0.540. The Balaban J connectivity index is 1.12. The average Bonchev–Trinajstić information content (AvgIpc) is 3.63. The van der Waals surface area contributed by atoms with Gasteiger partial charge in [0.15, 0.2) is 0 Å². The Labute approximate surface area is 176 Å². The molecular formula is C25H39NOS. The molecule has 4 unspecified atom stereocenters. The minimum atomic E-state index is 0.371. The van der Waals surface area contributed by atoms with Crippen molar-refractivity contribution in [3.8, 4) is 0 Å². The number of rotatable bonds is 12. The van der Waals surface area contributed by atoms with Gasteiger partial charge in [0.2, 0.25) is 0 Å². The normalized spacial score (nSPS) is 42.5. The molecule has 1 aliphatic heterocycles. The van der Waals surface area contributed by atoms with E-state index < -0.39 is 0 Å². The average molecular weight is 402 g/mol. The topological polar surface area (TPSA) is 21.6 Å². The van der Waals surface area contributed by atoms with Crippen LogP contribution in [0.1, 0.15) is 65.2 Å². The van der Waals surface area contributed by atoms with Crippen molar-refractivity contribution in [2.75, 3.05) is 12.9 Å². The number of aliphatic imine (C=N–C) groups is 1. The summed E-state index contributed by atoms with van der Waals surface area (Å²) in [6, 6.07) is 0.457. The summed E-state index contributed by atoms with van der Waals surface area (Å²) in [6.07, 6.45) is 17.6. The van der Waals surface area contributed by atoms with E-state index in [2.05, 4.69) is 32.6 Å². The summed E-state index contributed by atoms with van der Waals surface area (Å²) in [4.78, 5) is 4.94. The molecule has 0 saturated heterocycles. The Morgan fingerprint density at radius 3 is 2.93 bits per heavy atom. The molecule has 2 nitrogen and oxygen atoms in total. The maximum Gasteiger partial charge on any atom is 0.0783 e. The van der Waals surface area contributed by atoms with Gasteiger partial charge in [0.1, 0.15) is 0 Å². The molecule has 156 valence electrons. The molecule has 3 saturated carbocycles. The minimum absolute atomic E-state index is 0.371. The highest BCUT2D eigenvalue weighted by Crippen LogP contribution is 2.67. The van der Waals surface area contributed by atoms with E-state index in [4.69, 9.17) is 9.73 Å². The first-order valence-electron chi connectivity index (χ1n) is 11.5. The highest BCUT2D eigenvalue weighted by atomic mass is 32.2. The molecule has 0 bridgehead atoms. The van der Waals surface area contributed by atoms with Crippen LogP contribution >= 0.6 is 11.8 Å². The van der Waals surface area contributed by atoms with Gasteiger partial charge in [-0.2, -0.15) is 0 Å². The predicted molar refractivity (Wildman–Crippen MR) is 122 cm³/mol. The molecule has 0 aromatic carbocycles. The highest BCUT2D eigenvalue weighted by Gasteiger charge is 2.59. The fraction of sp³-hybridized carbons (Fsp3) is 0.800. The number of hydrogen-bond donors (Lipinski definition) is 0. The molecule has 28 heavy (non-hydrogen) atoms. The van der Waals surface area contributed by atoms with E-state index in [-0.39, 0.29) is 0 Å². The smallest absolute Gasteiger partial charge is 0.0783 e. The van der Waals surface area contributed by atoms with Gasteiger partial charge in [-0.1, -0.05) is 32.1 Å². The number of hydrogen-bond acceptors (Lipinski definition) is 3. The van der Waals surface area contributed by atoms with Gasteiger partial charge in [-0.3, -0.25) is 4.99 Å². The Morgan fingerprint density at radius 1 is 1.39 bits per heavy atom. The van der Waals surface area contributed by atoms with E-state index in [1.165, 1.54) is 55.7 Å². The van der Waals surface area contributed by atoms with E-state index in [9.17, 15) is 0 Å². The first kappa shape index (κ1) is 20.7. The largest absolute Gasteiger partial charge is 0.381 e. The molecule has 8 atom stereocenters. The molecule has 3 fully saturated rings. The first-order valence-corrected chi connectivity index (χ1v) is 12.5. The summed E-state index contributed by atoms with van der Waals surface area (Å²) >= 11 is 2.01. The zero-order valence-electron chi connectivity index (χ0n) is 18.1. The van der Waals surface area contributed by atoms with E-state index >= 15 is 0 Å². The van der Waals surface area contributed by atoms with Gasteiger partial charge in [0.25, 0.3) is 0 Å². The van der Waals surface area contributed by atoms with Crippen LogP contribution in [0.15, 0.2) is 29.8 Å². The zero-order chi connectivity index (χ0) is 19.7. The predicted octanol–water partition coefficient (Wildman–Crippen LogP) is 6.53. The van der Waals surface area contributed by atoms with Crippen LogP contribution in [0.5, 0.6) is 0 Å². The molecule has 3 heteroatoms. The van der Waals surface area contributed by atoms with Gasteiger partial charge in [0, 0.05) is 18.8 Å². The number of ether oxygens (including phenoxy) is 1. The van der Waals surface area contributed by atoms with Crippen molar-refractivity contribution in [2.45, 2.75) is 77.4 Å². The molecular weight excluding hydrogens is 362 g/mol. The van der Waals surface area contributed by atoms with Gasteiger partial charge in [-0.05, 0) is 80.5 Å². The van der Waals surface area contributed by atoms with Crippen LogP contribution in [0.25, 0.3) is 0 Å². The second kappa shape index (κ2) is 8.68. The molecule has 0 radical (unpaired) electrons. The van der Waals surface area contributed by atoms with Crippen molar-refractivity contribution in [2.24, 2.45) is 40.0 Å². The second-order valence-corrected chi connectivity index (χ2v) is 11.3. The van der Waals surface area contributed by atoms with Crippen LogP contribution in [0.3, 0.4) is 0 Å². The first-order chi connectivity index (χ1) is 13.5. The molecule has 0 spiro atoms. The third-order valence-corrected chi connectivity index (χ3v) is 9.11. The van der Waals surface area contributed by atoms with Crippen LogP contribution in [-0.2, 0) is 4.74 Å². The number of thioether (sulfide) groups is 1. The summed E-state index contributed by atoms with van der Waals surface area (Å²) in [6.45, 7) is 8.72. The van der Waals surface area contributed by atoms with E-state index in [1.54, 1.807) is 0 Å². The van der Waals surface area contributed by atoms with Crippen molar-refractivity contribution in [3.05, 3.63) is 24.8 Å². The van der Waals surface area contributed by atoms with Gasteiger partial charge >= 0.3 is 0 Å². The number of nitrogens with zero attached hydrogens (tertiary/aromatic N) is 1. The molecule has 4 rings (SSSR count). The summed E-state index contributed by atoms with van der Waals surface area (Å²) in [5, 5.41) is 1.45. The van der Waals surface area contributed by atoms with Crippen LogP contribution in [-0.4, -0.2) is 30.1 Å². The van der Waals surface area contributed by atoms with Gasteiger partial charge < -0.3 is 4.74 Å². The third kappa shape index (κ3) is 4.95. The lowest BCUT2D eigenvalue weighted by Crippen LogP contribution is -2.12. The van der Waals surface area contributed by atoms with Crippen molar-refractivity contribution in [1.29, 1.82) is 0 Å². The van der Waals surface area contributed by atoms with Crippen LogP contribution in [0.2, 0.25) is 0 Å². The monoisotopic (exact) mass is 401 g/mol. The molecule has 0 amide bonds. The van der Waals surface area contributed by atoms with Crippen LogP contribution < -0.4 is 0 Å². The van der Waals surface area contributed by atoms with Crippen molar-refractivity contribution < 1.29 is 4.74 Å². The third-order valence-electron chi connectivity index (χ3n) is 7.90. The molecule has 0 aromatic heterocycles. The molecule has 1 heterocycles. The quantitative estimate of drug-likeness (QED) is 0.347. The van der Waals surface area contributed by atoms with E-state index in [0.29, 0.717) is 17.6 Å². The Bertz CT molecular complexity index is 628. The summed E-state index contributed by atoms with van der Waals surface area (Å²) in [7, 11) is 1.84. The van der Waals surface area contributed by atoms with Crippen molar-refractivity contribution in [1.82, 2.24) is 0 Å². The molecule has 3 aliphatic carbocycles. The maximum absolute atomic E-state index is 5.59. The summed E-state index contributed by atoms with van der Waals surface area (Å²) < 4.78 is 5.59. The fourth-order valence-corrected chi connectivity index (χ4v) is 6.72. The van der Waals surface area contributed by atoms with Crippen molar-refractivity contribution >= 4 is 16.8 Å². The van der Waals surface area contributed by atoms with Crippen LogP contribution in [0.4, 0.5) is 0 Å². The fourth-order valence-electron chi connectivity index (χ4n) is 5.44. The lowest BCUT2D eigenvalue weighted by molar-refractivity contribution is 0.0898. The standard InChI is InChI=1S/C25H39NOS/c1-5-8-20(27-4)11-12-25(3)15-23(25)22-14-18(22)9-6-7-10-19-16-28-24(26-19)21-13-17(21)2/h5,7,10,17-23H,1,6,8-9,11-16H2,2-4H3/b10-7-/t17?,18?,19?,20-,21?,22-,23-,25+/m0/s1. The van der Waals surface area contributed by atoms with E-state index in [0.717, 1.165) is 36.0 Å². The van der Waals surface area contributed by atoms with Gasteiger partial charge in [0.05, 0.1) is 17.2 Å². The zero-order valence-corrected chi connectivity index (χ0v) is 18.9. The Morgan fingerprint density at radius 2 is 2.21 bits per heavy atom. The molecule has 4 aliphatic rings. The van der Waals surface area contributed by atoms with Gasteiger partial charge in [-0.15, -0.1) is 18.3 Å². The molecule has 0 N–H and O–H groups in total. The number of allylic oxidation sites excluding steroid dienone is 1. The summed E-state index contributed by atoms with van der Waals surface area (Å²) in [5.74, 6) is 5.86. The van der Waals surface area contributed by atoms with Gasteiger partial charge in [-0.25, -0.2) is 0 Å². The second-order valence-electron chi connectivity index (χ2n) is 10.2. The summed E-state index contributed by atoms with van der Waals surface area (Å²) in [5.41, 5.74) is 0.597. The lowest BCUT2D eigenvalue weighted by Gasteiger charge is -2.17. The SMILES string of the molecule is C=CC[C@@H](CC[C@]1(C)C[C@H]1[C@H]1CC1CC/C=C\C1CSC(C2CC2C)=N1)OC. The minimum Gasteiger partial charge on any atom is -0.381 e. The van der Waals surface area contributed by atoms with Crippen molar-refractivity contribution in [3.63, 3.8) is 0 Å². The Kier molecular flexibility index (Phi) is 6.42. The highest BCUT2D eigenvalue weighted by molar-refractivity contribution is 8.14. The number of methoxy groups -OCH3 is 1.